The highest BCUT2D eigenvalue weighted by molar-refractivity contribution is 5.89. The molecule has 0 bridgehead atoms. The summed E-state index contributed by atoms with van der Waals surface area (Å²) < 4.78 is 5.08. The van der Waals surface area contributed by atoms with E-state index in [1.54, 1.807) is 18.2 Å². The molecule has 1 aromatic carbocycles. The topological polar surface area (TPSA) is 117 Å². The summed E-state index contributed by atoms with van der Waals surface area (Å²) >= 11 is 0. The maximum atomic E-state index is 11.8. The number of ether oxygens (including phenoxy) is 1. The zero-order valence-corrected chi connectivity index (χ0v) is 10.3. The summed E-state index contributed by atoms with van der Waals surface area (Å²) in [5.41, 5.74) is 12.3. The van der Waals surface area contributed by atoms with E-state index in [1.807, 2.05) is 13.0 Å². The van der Waals surface area contributed by atoms with Crippen LogP contribution in [0.4, 0.5) is 11.9 Å². The minimum absolute atomic E-state index is 0.00546. The van der Waals surface area contributed by atoms with Gasteiger partial charge in [-0.15, -0.1) is 0 Å². The highest BCUT2D eigenvalue weighted by atomic mass is 16.5. The summed E-state index contributed by atoms with van der Waals surface area (Å²) in [4.78, 5) is 23.0. The number of aromatic nitrogens is 3. The molecule has 0 aliphatic heterocycles. The zero-order valence-electron chi connectivity index (χ0n) is 10.3. The second-order valence-corrected chi connectivity index (χ2v) is 3.91. The lowest BCUT2D eigenvalue weighted by atomic mass is 10.1. The van der Waals surface area contributed by atoms with E-state index in [-0.39, 0.29) is 24.3 Å². The first-order chi connectivity index (χ1) is 9.04. The van der Waals surface area contributed by atoms with Gasteiger partial charge in [0.05, 0.1) is 5.56 Å². The molecule has 1 aromatic heterocycles. The van der Waals surface area contributed by atoms with Crippen LogP contribution in [0.15, 0.2) is 24.3 Å². The molecule has 0 saturated heterocycles. The number of carbonyl (C=O) groups is 1. The number of carbonyl (C=O) groups excluding carboxylic acids is 1. The van der Waals surface area contributed by atoms with Gasteiger partial charge in [-0.25, -0.2) is 4.79 Å². The van der Waals surface area contributed by atoms with Crippen LogP contribution in [0.2, 0.25) is 0 Å². The van der Waals surface area contributed by atoms with Gasteiger partial charge in [-0.2, -0.15) is 15.0 Å². The van der Waals surface area contributed by atoms with Gasteiger partial charge >= 0.3 is 5.97 Å². The quantitative estimate of drug-likeness (QED) is 0.779. The van der Waals surface area contributed by atoms with E-state index in [9.17, 15) is 4.79 Å². The van der Waals surface area contributed by atoms with E-state index in [4.69, 9.17) is 16.2 Å². The molecule has 0 aliphatic carbocycles. The van der Waals surface area contributed by atoms with Crippen molar-refractivity contribution in [1.29, 1.82) is 0 Å². The first-order valence-electron chi connectivity index (χ1n) is 5.54. The van der Waals surface area contributed by atoms with Crippen LogP contribution in [0, 0.1) is 6.92 Å². The monoisotopic (exact) mass is 259 g/mol. The van der Waals surface area contributed by atoms with Gasteiger partial charge in [-0.1, -0.05) is 17.7 Å². The Kier molecular flexibility index (Phi) is 3.56. The molecule has 2 rings (SSSR count). The van der Waals surface area contributed by atoms with Crippen molar-refractivity contribution in [2.75, 3.05) is 11.5 Å². The van der Waals surface area contributed by atoms with Gasteiger partial charge in [0.15, 0.2) is 12.4 Å². The smallest absolute Gasteiger partial charge is 0.338 e. The van der Waals surface area contributed by atoms with Crippen LogP contribution in [0.3, 0.4) is 0 Å². The minimum atomic E-state index is -0.457. The third-order valence-corrected chi connectivity index (χ3v) is 2.30. The Morgan fingerprint density at radius 1 is 1.21 bits per heavy atom. The van der Waals surface area contributed by atoms with Crippen molar-refractivity contribution in [3.05, 3.63) is 41.2 Å². The van der Waals surface area contributed by atoms with Crippen molar-refractivity contribution in [3.63, 3.8) is 0 Å². The molecule has 1 heterocycles. The van der Waals surface area contributed by atoms with Crippen LogP contribution in [-0.2, 0) is 11.3 Å². The molecule has 0 fully saturated rings. The SMILES string of the molecule is Cc1cccc(C(=O)OCc2nc(N)nc(N)n2)c1. The Hall–Kier alpha value is -2.70. The van der Waals surface area contributed by atoms with Gasteiger partial charge in [-0.05, 0) is 19.1 Å². The zero-order chi connectivity index (χ0) is 13.8. The van der Waals surface area contributed by atoms with E-state index in [0.29, 0.717) is 5.56 Å². The first kappa shape index (κ1) is 12.7. The van der Waals surface area contributed by atoms with Crippen LogP contribution in [0.5, 0.6) is 0 Å². The highest BCUT2D eigenvalue weighted by Crippen LogP contribution is 2.07. The van der Waals surface area contributed by atoms with Gasteiger partial charge < -0.3 is 16.2 Å². The summed E-state index contributed by atoms with van der Waals surface area (Å²) in [5, 5.41) is 0. The van der Waals surface area contributed by atoms with Crippen LogP contribution >= 0.6 is 0 Å². The molecular formula is C12H13N5O2. The van der Waals surface area contributed by atoms with Gasteiger partial charge in [0.2, 0.25) is 11.9 Å². The molecule has 0 unspecified atom stereocenters. The van der Waals surface area contributed by atoms with Crippen molar-refractivity contribution in [2.24, 2.45) is 0 Å². The third kappa shape index (κ3) is 3.38. The van der Waals surface area contributed by atoms with Crippen molar-refractivity contribution in [2.45, 2.75) is 13.5 Å². The van der Waals surface area contributed by atoms with Crippen LogP contribution in [0.25, 0.3) is 0 Å². The molecule has 0 amide bonds. The van der Waals surface area contributed by atoms with Gasteiger partial charge in [0.25, 0.3) is 0 Å². The summed E-state index contributed by atoms with van der Waals surface area (Å²) in [6.07, 6.45) is 0. The fourth-order valence-corrected chi connectivity index (χ4v) is 1.51. The Balaban J connectivity index is 2.04. The largest absolute Gasteiger partial charge is 0.454 e. The number of rotatable bonds is 3. The molecule has 19 heavy (non-hydrogen) atoms. The second kappa shape index (κ2) is 5.30. The number of nitrogens with two attached hydrogens (primary N) is 2. The molecule has 98 valence electrons. The number of nitrogens with zero attached hydrogens (tertiary/aromatic N) is 3. The molecule has 4 N–H and O–H groups in total. The minimum Gasteiger partial charge on any atom is -0.454 e. The Morgan fingerprint density at radius 3 is 2.53 bits per heavy atom. The average molecular weight is 259 g/mol. The van der Waals surface area contributed by atoms with Crippen molar-refractivity contribution in [1.82, 2.24) is 15.0 Å². The van der Waals surface area contributed by atoms with Crippen LogP contribution < -0.4 is 11.5 Å². The van der Waals surface area contributed by atoms with Crippen LogP contribution in [-0.4, -0.2) is 20.9 Å². The standard InChI is InChI=1S/C12H13N5O2/c1-7-3-2-4-8(5-7)10(18)19-6-9-15-11(13)17-12(14)16-9/h2-5H,6H2,1H3,(H4,13,14,15,16,17). The Labute approximate surface area is 109 Å². The van der Waals surface area contributed by atoms with Crippen molar-refractivity contribution in [3.8, 4) is 0 Å². The fraction of sp³-hybridized carbons (Fsp3) is 0.167. The first-order valence-corrected chi connectivity index (χ1v) is 5.54. The molecular weight excluding hydrogens is 246 g/mol. The molecule has 2 aromatic rings. The second-order valence-electron chi connectivity index (χ2n) is 3.91. The normalized spacial score (nSPS) is 10.2. The number of aryl methyl sites for hydroxylation is 1. The van der Waals surface area contributed by atoms with E-state index in [1.165, 1.54) is 0 Å². The van der Waals surface area contributed by atoms with Crippen molar-refractivity contribution >= 4 is 17.9 Å². The van der Waals surface area contributed by atoms with Gasteiger partial charge in [0, 0.05) is 0 Å². The van der Waals surface area contributed by atoms with Crippen LogP contribution in [0.1, 0.15) is 21.7 Å². The summed E-state index contributed by atoms with van der Waals surface area (Å²) in [5.74, 6) is -0.254. The predicted molar refractivity (Wildman–Crippen MR) is 69.0 cm³/mol. The Bertz CT molecular complexity index is 595. The van der Waals surface area contributed by atoms with Crippen molar-refractivity contribution < 1.29 is 9.53 Å². The Morgan fingerprint density at radius 2 is 1.89 bits per heavy atom. The fourth-order valence-electron chi connectivity index (χ4n) is 1.51. The number of hydrogen-bond donors (Lipinski definition) is 2. The number of nitrogen functional groups attached to an aromatic ring is 2. The molecule has 0 saturated carbocycles. The van der Waals surface area contributed by atoms with E-state index >= 15 is 0 Å². The number of esters is 1. The predicted octanol–water partition coefficient (Wildman–Crippen LogP) is 0.701. The molecule has 7 heteroatoms. The molecule has 0 atom stereocenters. The summed E-state index contributed by atoms with van der Waals surface area (Å²) in [6, 6.07) is 7.08. The summed E-state index contributed by atoms with van der Waals surface area (Å²) in [6.45, 7) is 1.79. The summed E-state index contributed by atoms with van der Waals surface area (Å²) in [7, 11) is 0. The lowest BCUT2D eigenvalue weighted by molar-refractivity contribution is 0.0462. The lowest BCUT2D eigenvalue weighted by Gasteiger charge is -2.05. The van der Waals surface area contributed by atoms with E-state index in [2.05, 4.69) is 15.0 Å². The maximum Gasteiger partial charge on any atom is 0.338 e. The maximum absolute atomic E-state index is 11.8. The number of anilines is 2. The van der Waals surface area contributed by atoms with E-state index < -0.39 is 5.97 Å². The third-order valence-electron chi connectivity index (χ3n) is 2.30. The average Bonchev–Trinajstić information content (AvgIpc) is 2.35. The van der Waals surface area contributed by atoms with E-state index in [0.717, 1.165) is 5.56 Å². The van der Waals surface area contributed by atoms with Gasteiger partial charge in [-0.3, -0.25) is 0 Å². The lowest BCUT2D eigenvalue weighted by Crippen LogP contribution is -2.11. The molecule has 0 radical (unpaired) electrons. The van der Waals surface area contributed by atoms with Gasteiger partial charge in [0.1, 0.15) is 0 Å². The highest BCUT2D eigenvalue weighted by Gasteiger charge is 2.09. The molecule has 0 spiro atoms. The number of hydrogen-bond acceptors (Lipinski definition) is 7. The number of benzene rings is 1. The molecule has 7 nitrogen and oxygen atoms in total. The molecule has 0 aliphatic rings.